The van der Waals surface area contributed by atoms with Crippen LogP contribution < -0.4 is 10.6 Å². The second kappa shape index (κ2) is 6.77. The van der Waals surface area contributed by atoms with Crippen LogP contribution in [0.2, 0.25) is 0 Å². The third-order valence-electron chi connectivity index (χ3n) is 5.90. The van der Waals surface area contributed by atoms with Crippen molar-refractivity contribution in [1.29, 1.82) is 0 Å². The Balaban J connectivity index is 0.00000182. The molecule has 1 unspecified atom stereocenters. The van der Waals surface area contributed by atoms with Gasteiger partial charge in [-0.25, -0.2) is 9.67 Å². The molecule has 2 aliphatic rings. The molecule has 1 spiro atoms. The summed E-state index contributed by atoms with van der Waals surface area (Å²) in [4.78, 5) is 16.8. The van der Waals surface area contributed by atoms with E-state index in [9.17, 15) is 4.79 Å². The number of benzene rings is 1. The van der Waals surface area contributed by atoms with Crippen molar-refractivity contribution in [2.45, 2.75) is 32.7 Å². The monoisotopic (exact) mass is 361 g/mol. The molecular weight excluding hydrogens is 338 g/mol. The molecule has 2 N–H and O–H groups in total. The number of carbonyl (C=O) groups is 1. The highest BCUT2D eigenvalue weighted by Gasteiger charge is 2.67. The van der Waals surface area contributed by atoms with Gasteiger partial charge in [0.25, 0.3) is 0 Å². The number of aromatic nitrogens is 3. The first-order valence-corrected chi connectivity index (χ1v) is 8.57. The van der Waals surface area contributed by atoms with Gasteiger partial charge < -0.3 is 10.6 Å². The maximum absolute atomic E-state index is 12.8. The van der Waals surface area contributed by atoms with Gasteiger partial charge in [0.1, 0.15) is 12.7 Å². The maximum Gasteiger partial charge on any atom is 0.226 e. The highest BCUT2D eigenvalue weighted by Crippen LogP contribution is 2.68. The van der Waals surface area contributed by atoms with Crippen LogP contribution in [-0.4, -0.2) is 33.8 Å². The van der Waals surface area contributed by atoms with Crippen molar-refractivity contribution in [3.05, 3.63) is 42.5 Å². The Morgan fingerprint density at radius 1 is 1.32 bits per heavy atom. The summed E-state index contributed by atoms with van der Waals surface area (Å²) >= 11 is 0. The van der Waals surface area contributed by atoms with Crippen molar-refractivity contribution in [2.75, 3.05) is 13.1 Å². The van der Waals surface area contributed by atoms with Gasteiger partial charge in [0, 0.05) is 6.54 Å². The largest absolute Gasteiger partial charge is 0.351 e. The maximum atomic E-state index is 12.8. The normalized spacial score (nSPS) is 23.7. The molecule has 134 valence electrons. The quantitative estimate of drug-likeness (QED) is 0.874. The van der Waals surface area contributed by atoms with Crippen LogP contribution in [0.5, 0.6) is 0 Å². The first-order chi connectivity index (χ1) is 11.6. The van der Waals surface area contributed by atoms with Crippen molar-refractivity contribution in [1.82, 2.24) is 25.4 Å². The van der Waals surface area contributed by atoms with E-state index in [4.69, 9.17) is 0 Å². The Morgan fingerprint density at radius 3 is 2.80 bits per heavy atom. The van der Waals surface area contributed by atoms with Crippen LogP contribution >= 0.6 is 12.4 Å². The average molecular weight is 362 g/mol. The van der Waals surface area contributed by atoms with E-state index >= 15 is 0 Å². The molecule has 2 aromatic rings. The Morgan fingerprint density at radius 2 is 2.08 bits per heavy atom. The summed E-state index contributed by atoms with van der Waals surface area (Å²) in [6, 6.07) is 7.96. The third kappa shape index (κ3) is 3.04. The van der Waals surface area contributed by atoms with Crippen molar-refractivity contribution in [3.8, 4) is 5.69 Å². The van der Waals surface area contributed by atoms with E-state index in [1.54, 1.807) is 11.0 Å². The number of hydrogen-bond acceptors (Lipinski definition) is 4. The molecule has 1 saturated carbocycles. The number of halogens is 1. The Labute approximate surface area is 153 Å². The molecule has 4 rings (SSSR count). The van der Waals surface area contributed by atoms with Crippen LogP contribution in [0, 0.1) is 10.8 Å². The van der Waals surface area contributed by atoms with Crippen LogP contribution in [-0.2, 0) is 11.3 Å². The lowest BCUT2D eigenvalue weighted by Crippen LogP contribution is -2.38. The van der Waals surface area contributed by atoms with E-state index in [0.717, 1.165) is 43.6 Å². The van der Waals surface area contributed by atoms with Gasteiger partial charge in [-0.05, 0) is 49.4 Å². The lowest BCUT2D eigenvalue weighted by Gasteiger charge is -2.27. The zero-order chi connectivity index (χ0) is 16.6. The fourth-order valence-electron chi connectivity index (χ4n) is 4.17. The number of amides is 1. The number of nitrogens with one attached hydrogen (secondary N) is 2. The molecule has 6 nitrogen and oxygen atoms in total. The molecule has 1 aromatic heterocycles. The molecular formula is C18H24ClN5O. The Kier molecular flexibility index (Phi) is 4.84. The smallest absolute Gasteiger partial charge is 0.226 e. The van der Waals surface area contributed by atoms with Crippen molar-refractivity contribution >= 4 is 18.3 Å². The molecule has 1 saturated heterocycles. The second-order valence-corrected chi connectivity index (χ2v) is 7.19. The molecule has 1 aliphatic heterocycles. The number of hydrogen-bond donors (Lipinski definition) is 2. The van der Waals surface area contributed by atoms with Gasteiger partial charge in [-0.15, -0.1) is 12.4 Å². The zero-order valence-electron chi connectivity index (χ0n) is 14.4. The summed E-state index contributed by atoms with van der Waals surface area (Å²) in [5.41, 5.74) is 2.00. The van der Waals surface area contributed by atoms with Crippen LogP contribution in [0.3, 0.4) is 0 Å². The molecule has 0 bridgehead atoms. The first kappa shape index (κ1) is 17.9. The third-order valence-corrected chi connectivity index (χ3v) is 5.90. The Bertz CT molecular complexity index is 742. The van der Waals surface area contributed by atoms with Crippen molar-refractivity contribution in [2.24, 2.45) is 10.8 Å². The van der Waals surface area contributed by atoms with E-state index in [1.807, 2.05) is 24.3 Å². The van der Waals surface area contributed by atoms with Crippen LogP contribution in [0.15, 0.2) is 36.9 Å². The molecule has 7 heteroatoms. The molecule has 1 atom stereocenters. The number of carbonyl (C=O) groups excluding carboxylic acids is 1. The fourth-order valence-corrected chi connectivity index (χ4v) is 4.17. The number of nitrogens with zero attached hydrogens (tertiary/aromatic N) is 3. The molecule has 1 aromatic carbocycles. The predicted molar refractivity (Wildman–Crippen MR) is 97.7 cm³/mol. The number of rotatable bonds is 4. The van der Waals surface area contributed by atoms with E-state index in [1.165, 1.54) is 6.33 Å². The minimum absolute atomic E-state index is 0. The van der Waals surface area contributed by atoms with Crippen LogP contribution in [0.4, 0.5) is 0 Å². The summed E-state index contributed by atoms with van der Waals surface area (Å²) in [7, 11) is 0. The summed E-state index contributed by atoms with van der Waals surface area (Å²) in [5, 5.41) is 10.7. The van der Waals surface area contributed by atoms with Gasteiger partial charge in [-0.1, -0.05) is 25.1 Å². The van der Waals surface area contributed by atoms with E-state index in [2.05, 4.69) is 27.6 Å². The molecule has 25 heavy (non-hydrogen) atoms. The summed E-state index contributed by atoms with van der Waals surface area (Å²) < 4.78 is 1.73. The minimum Gasteiger partial charge on any atom is -0.351 e. The summed E-state index contributed by atoms with van der Waals surface area (Å²) in [5.74, 6) is 0.179. The molecule has 1 aliphatic carbocycles. The van der Waals surface area contributed by atoms with Crippen LogP contribution in [0.1, 0.15) is 31.7 Å². The molecule has 2 heterocycles. The first-order valence-electron chi connectivity index (χ1n) is 8.57. The number of para-hydroxylation sites is 1. The van der Waals surface area contributed by atoms with E-state index in [-0.39, 0.29) is 29.1 Å². The minimum atomic E-state index is -0.211. The van der Waals surface area contributed by atoms with Crippen molar-refractivity contribution < 1.29 is 4.79 Å². The van der Waals surface area contributed by atoms with Gasteiger partial charge >= 0.3 is 0 Å². The molecule has 2 fully saturated rings. The lowest BCUT2D eigenvalue weighted by molar-refractivity contribution is -0.127. The predicted octanol–water partition coefficient (Wildman–Crippen LogP) is 2.09. The topological polar surface area (TPSA) is 71.8 Å². The highest BCUT2D eigenvalue weighted by atomic mass is 35.5. The summed E-state index contributed by atoms with van der Waals surface area (Å²) in [6.45, 7) is 4.69. The second-order valence-electron chi connectivity index (χ2n) is 7.19. The summed E-state index contributed by atoms with van der Waals surface area (Å²) in [6.07, 6.45) is 6.41. The Hall–Kier alpha value is -1.92. The van der Waals surface area contributed by atoms with Gasteiger partial charge in [0.15, 0.2) is 0 Å². The molecule has 0 radical (unpaired) electrons. The van der Waals surface area contributed by atoms with Crippen molar-refractivity contribution in [3.63, 3.8) is 0 Å². The van der Waals surface area contributed by atoms with E-state index < -0.39 is 0 Å². The fraction of sp³-hybridized carbons (Fsp3) is 0.500. The lowest BCUT2D eigenvalue weighted by atomic mass is 9.85. The van der Waals surface area contributed by atoms with E-state index in [0.29, 0.717) is 6.54 Å². The van der Waals surface area contributed by atoms with Gasteiger partial charge in [-0.2, -0.15) is 5.10 Å². The van der Waals surface area contributed by atoms with Gasteiger partial charge in [0.2, 0.25) is 5.91 Å². The average Bonchev–Trinajstić information content (AvgIpc) is 2.99. The standard InChI is InChI=1S/C18H23N5O.ClH/c1-17(11-18(17)6-8-19-9-7-18)16(24)21-10-14-4-2-3-5-15(14)23-13-20-12-22-23;/h2-5,12-13,19H,6-11H2,1H3,(H,21,24);1H. The molecule has 1 amide bonds. The number of piperidine rings is 1. The highest BCUT2D eigenvalue weighted by molar-refractivity contribution is 5.86. The van der Waals surface area contributed by atoms with Gasteiger partial charge in [-0.3, -0.25) is 4.79 Å². The zero-order valence-corrected chi connectivity index (χ0v) is 15.2. The van der Waals surface area contributed by atoms with Gasteiger partial charge in [0.05, 0.1) is 11.1 Å². The SMILES string of the molecule is CC1(C(=O)NCc2ccccc2-n2cncn2)CC12CCNCC2.Cl. The van der Waals surface area contributed by atoms with Crippen LogP contribution in [0.25, 0.3) is 5.69 Å².